The number of hydrogen-bond acceptors (Lipinski definition) is 5. The molecule has 0 aliphatic carbocycles. The Hall–Kier alpha value is -2.61. The van der Waals surface area contributed by atoms with E-state index in [1.165, 1.54) is 23.9 Å². The van der Waals surface area contributed by atoms with Crippen LogP contribution in [-0.4, -0.2) is 36.9 Å². The van der Waals surface area contributed by atoms with E-state index in [4.69, 9.17) is 4.74 Å². The van der Waals surface area contributed by atoms with Gasteiger partial charge in [0.15, 0.2) is 6.61 Å². The number of amides is 1. The van der Waals surface area contributed by atoms with Gasteiger partial charge in [-0.25, -0.2) is 0 Å². The molecule has 0 aliphatic heterocycles. The van der Waals surface area contributed by atoms with Gasteiger partial charge in [-0.2, -0.15) is 8.78 Å². The molecule has 0 spiro atoms. The number of halogens is 2. The molecule has 8 heteroatoms. The number of thioether (sulfide) groups is 1. The minimum atomic E-state index is -2.86. The Balaban J connectivity index is 1.64. The number of nitrogens with one attached hydrogen (secondary N) is 1. The zero-order valence-electron chi connectivity index (χ0n) is 15.3. The standard InChI is InChI=1S/C20H21F2NO4S/c1-14(28-17-5-3-2-4-6-17)19(25)26-13-18(24)23-12-11-15-7-9-16(10-8-15)27-20(21)22/h2-10,14,20H,11-13H2,1H3,(H,23,24)/t14-/m1/s1. The van der Waals surface area contributed by atoms with Crippen LogP contribution in [0.25, 0.3) is 0 Å². The average Bonchev–Trinajstić information content (AvgIpc) is 2.68. The molecule has 2 aromatic rings. The second-order valence-electron chi connectivity index (χ2n) is 5.80. The van der Waals surface area contributed by atoms with Gasteiger partial charge in [0.2, 0.25) is 0 Å². The lowest BCUT2D eigenvalue weighted by molar-refractivity contribution is -0.147. The van der Waals surface area contributed by atoms with Gasteiger partial charge >= 0.3 is 12.6 Å². The van der Waals surface area contributed by atoms with Gasteiger partial charge in [-0.1, -0.05) is 30.3 Å². The first-order valence-corrected chi connectivity index (χ1v) is 9.51. The van der Waals surface area contributed by atoms with E-state index in [2.05, 4.69) is 10.1 Å². The molecule has 0 radical (unpaired) electrons. The van der Waals surface area contributed by atoms with E-state index < -0.39 is 23.7 Å². The van der Waals surface area contributed by atoms with Crippen molar-refractivity contribution in [2.24, 2.45) is 0 Å². The summed E-state index contributed by atoms with van der Waals surface area (Å²) >= 11 is 1.36. The second kappa shape index (κ2) is 11.3. The van der Waals surface area contributed by atoms with Crippen LogP contribution in [-0.2, 0) is 20.7 Å². The van der Waals surface area contributed by atoms with Crippen molar-refractivity contribution in [1.82, 2.24) is 5.32 Å². The summed E-state index contributed by atoms with van der Waals surface area (Å²) < 4.78 is 33.5. The van der Waals surface area contributed by atoms with E-state index in [9.17, 15) is 18.4 Å². The number of rotatable bonds is 10. The Morgan fingerprint density at radius 1 is 1.07 bits per heavy atom. The lowest BCUT2D eigenvalue weighted by Gasteiger charge is -2.11. The summed E-state index contributed by atoms with van der Waals surface area (Å²) in [5.74, 6) is -0.779. The number of hydrogen-bond donors (Lipinski definition) is 1. The molecule has 0 aromatic heterocycles. The summed E-state index contributed by atoms with van der Waals surface area (Å²) in [6.07, 6.45) is 0.509. The van der Waals surface area contributed by atoms with Crippen molar-refractivity contribution in [3.05, 3.63) is 60.2 Å². The number of ether oxygens (including phenoxy) is 2. The van der Waals surface area contributed by atoms with Crippen molar-refractivity contribution in [1.29, 1.82) is 0 Å². The summed E-state index contributed by atoms with van der Waals surface area (Å²) in [4.78, 5) is 24.7. The predicted octanol–water partition coefficient (Wildman–Crippen LogP) is 3.67. The topological polar surface area (TPSA) is 64.6 Å². The van der Waals surface area contributed by atoms with Gasteiger partial charge in [-0.3, -0.25) is 9.59 Å². The van der Waals surface area contributed by atoms with Crippen LogP contribution in [0.4, 0.5) is 8.78 Å². The summed E-state index contributed by atoms with van der Waals surface area (Å²) in [5.41, 5.74) is 0.854. The van der Waals surface area contributed by atoms with Crippen LogP contribution in [0.2, 0.25) is 0 Å². The lowest BCUT2D eigenvalue weighted by atomic mass is 10.1. The van der Waals surface area contributed by atoms with Gasteiger partial charge in [0, 0.05) is 11.4 Å². The Labute approximate surface area is 166 Å². The number of alkyl halides is 2. The maximum absolute atomic E-state index is 12.1. The van der Waals surface area contributed by atoms with Gasteiger partial charge in [0.05, 0.1) is 0 Å². The maximum Gasteiger partial charge on any atom is 0.387 e. The van der Waals surface area contributed by atoms with Crippen LogP contribution < -0.4 is 10.1 Å². The third kappa shape index (κ3) is 7.96. The van der Waals surface area contributed by atoms with Crippen LogP contribution >= 0.6 is 11.8 Å². The fourth-order valence-corrected chi connectivity index (χ4v) is 3.13. The number of carbonyl (C=O) groups is 2. The maximum atomic E-state index is 12.1. The Kier molecular flexibility index (Phi) is 8.74. The van der Waals surface area contributed by atoms with Gasteiger partial charge in [-0.05, 0) is 43.2 Å². The molecule has 0 heterocycles. The zero-order valence-corrected chi connectivity index (χ0v) is 16.1. The molecule has 0 aliphatic rings. The summed E-state index contributed by atoms with van der Waals surface area (Å²) in [6, 6.07) is 15.6. The molecule has 2 aromatic carbocycles. The van der Waals surface area contributed by atoms with Crippen molar-refractivity contribution >= 4 is 23.6 Å². The Bertz CT molecular complexity index is 757. The van der Waals surface area contributed by atoms with E-state index >= 15 is 0 Å². The second-order valence-corrected chi connectivity index (χ2v) is 7.22. The van der Waals surface area contributed by atoms with E-state index in [0.717, 1.165) is 10.5 Å². The fraction of sp³-hybridized carbons (Fsp3) is 0.300. The summed E-state index contributed by atoms with van der Waals surface area (Å²) in [6.45, 7) is -1.15. The molecular weight excluding hydrogens is 388 g/mol. The van der Waals surface area contributed by atoms with E-state index in [1.807, 2.05) is 30.3 Å². The number of benzene rings is 2. The monoisotopic (exact) mass is 409 g/mol. The van der Waals surface area contributed by atoms with Gasteiger partial charge in [0.25, 0.3) is 5.91 Å². The molecule has 1 atom stereocenters. The molecule has 0 saturated heterocycles. The molecule has 1 amide bonds. The average molecular weight is 409 g/mol. The predicted molar refractivity (Wildman–Crippen MR) is 103 cm³/mol. The first-order valence-electron chi connectivity index (χ1n) is 8.63. The third-order valence-corrected chi connectivity index (χ3v) is 4.71. The van der Waals surface area contributed by atoms with Gasteiger partial charge < -0.3 is 14.8 Å². The molecule has 28 heavy (non-hydrogen) atoms. The minimum Gasteiger partial charge on any atom is -0.455 e. The van der Waals surface area contributed by atoms with Crippen LogP contribution in [0.15, 0.2) is 59.5 Å². The highest BCUT2D eigenvalue weighted by Gasteiger charge is 2.17. The highest BCUT2D eigenvalue weighted by Crippen LogP contribution is 2.23. The molecule has 150 valence electrons. The van der Waals surface area contributed by atoms with Gasteiger partial charge in [0.1, 0.15) is 11.0 Å². The molecule has 2 rings (SSSR count). The van der Waals surface area contributed by atoms with Crippen molar-refractivity contribution < 1.29 is 27.8 Å². The Morgan fingerprint density at radius 3 is 2.39 bits per heavy atom. The van der Waals surface area contributed by atoms with Crippen molar-refractivity contribution in [3.63, 3.8) is 0 Å². The van der Waals surface area contributed by atoms with Crippen LogP contribution in [0, 0.1) is 0 Å². The van der Waals surface area contributed by atoms with Crippen molar-refractivity contribution in [2.75, 3.05) is 13.2 Å². The third-order valence-electron chi connectivity index (χ3n) is 3.62. The van der Waals surface area contributed by atoms with E-state index in [1.54, 1.807) is 19.1 Å². The first-order chi connectivity index (χ1) is 13.4. The normalized spacial score (nSPS) is 11.7. The smallest absolute Gasteiger partial charge is 0.387 e. The van der Waals surface area contributed by atoms with Crippen LogP contribution in [0.3, 0.4) is 0 Å². The summed E-state index contributed by atoms with van der Waals surface area (Å²) in [7, 11) is 0. The van der Waals surface area contributed by atoms with E-state index in [-0.39, 0.29) is 12.4 Å². The SMILES string of the molecule is C[C@@H](Sc1ccccc1)C(=O)OCC(=O)NCCc1ccc(OC(F)F)cc1. The highest BCUT2D eigenvalue weighted by atomic mass is 32.2. The van der Waals surface area contributed by atoms with Crippen molar-refractivity contribution in [2.45, 2.75) is 30.1 Å². The molecule has 0 unspecified atom stereocenters. The lowest BCUT2D eigenvalue weighted by Crippen LogP contribution is -2.31. The molecule has 0 saturated carbocycles. The molecule has 1 N–H and O–H groups in total. The van der Waals surface area contributed by atoms with Crippen LogP contribution in [0.5, 0.6) is 5.75 Å². The Morgan fingerprint density at radius 2 is 1.75 bits per heavy atom. The van der Waals surface area contributed by atoms with Crippen molar-refractivity contribution in [3.8, 4) is 5.75 Å². The quantitative estimate of drug-likeness (QED) is 0.479. The largest absolute Gasteiger partial charge is 0.455 e. The fourth-order valence-electron chi connectivity index (χ4n) is 2.24. The molecule has 0 fully saturated rings. The van der Waals surface area contributed by atoms with Gasteiger partial charge in [-0.15, -0.1) is 11.8 Å². The minimum absolute atomic E-state index is 0.0807. The molecule has 5 nitrogen and oxygen atoms in total. The highest BCUT2D eigenvalue weighted by molar-refractivity contribution is 8.00. The molecule has 0 bridgehead atoms. The van der Waals surface area contributed by atoms with E-state index in [0.29, 0.717) is 13.0 Å². The van der Waals surface area contributed by atoms with Crippen LogP contribution in [0.1, 0.15) is 12.5 Å². The summed E-state index contributed by atoms with van der Waals surface area (Å²) in [5, 5.41) is 2.22. The molecular formula is C20H21F2NO4S. The number of esters is 1. The number of carbonyl (C=O) groups excluding carboxylic acids is 2. The zero-order chi connectivity index (χ0) is 20.4. The first kappa shape index (κ1) is 21.7.